The average molecular weight is 355 g/mol. The topological polar surface area (TPSA) is 50.8 Å². The Balaban J connectivity index is 1.86. The Kier molecular flexibility index (Phi) is 7.66. The molecular formula is C18H27ClN2O3. The molecule has 1 amide bonds. The molecule has 0 radical (unpaired) electrons. The lowest BCUT2D eigenvalue weighted by Crippen LogP contribution is -2.36. The second-order valence-corrected chi connectivity index (χ2v) is 6.32. The van der Waals surface area contributed by atoms with Crippen molar-refractivity contribution >= 4 is 17.5 Å². The summed E-state index contributed by atoms with van der Waals surface area (Å²) in [6, 6.07) is 3.82. The Morgan fingerprint density at radius 3 is 2.88 bits per heavy atom. The van der Waals surface area contributed by atoms with Crippen molar-refractivity contribution in [2.45, 2.75) is 39.2 Å². The van der Waals surface area contributed by atoms with E-state index in [1.807, 2.05) is 24.0 Å². The van der Waals surface area contributed by atoms with Crippen LogP contribution in [0.15, 0.2) is 12.1 Å². The molecule has 5 nitrogen and oxygen atoms in total. The van der Waals surface area contributed by atoms with E-state index >= 15 is 0 Å². The second-order valence-electron chi connectivity index (χ2n) is 5.91. The van der Waals surface area contributed by atoms with Gasteiger partial charge < -0.3 is 19.7 Å². The number of ether oxygens (including phenoxy) is 2. The fourth-order valence-electron chi connectivity index (χ4n) is 2.91. The molecule has 1 N–H and O–H groups in total. The first kappa shape index (κ1) is 18.9. The van der Waals surface area contributed by atoms with Gasteiger partial charge >= 0.3 is 0 Å². The van der Waals surface area contributed by atoms with Gasteiger partial charge in [0.05, 0.1) is 18.7 Å². The van der Waals surface area contributed by atoms with Crippen molar-refractivity contribution in [3.05, 3.63) is 22.7 Å². The molecule has 1 heterocycles. The van der Waals surface area contributed by atoms with Crippen molar-refractivity contribution in [3.8, 4) is 11.5 Å². The van der Waals surface area contributed by atoms with Crippen LogP contribution in [-0.2, 0) is 11.3 Å². The lowest BCUT2D eigenvalue weighted by atomic mass is 10.2. The number of carbonyl (C=O) groups excluding carboxylic acids is 1. The molecule has 1 aliphatic rings. The molecule has 134 valence electrons. The van der Waals surface area contributed by atoms with Gasteiger partial charge in [-0.15, -0.1) is 0 Å². The Morgan fingerprint density at radius 1 is 1.29 bits per heavy atom. The van der Waals surface area contributed by atoms with Gasteiger partial charge in [0.2, 0.25) is 5.91 Å². The number of benzene rings is 1. The summed E-state index contributed by atoms with van der Waals surface area (Å²) in [7, 11) is 1.58. The van der Waals surface area contributed by atoms with E-state index in [2.05, 4.69) is 5.32 Å². The van der Waals surface area contributed by atoms with Gasteiger partial charge in [-0.1, -0.05) is 18.0 Å². The van der Waals surface area contributed by atoms with Crippen LogP contribution in [0.1, 0.15) is 38.2 Å². The van der Waals surface area contributed by atoms with Gasteiger partial charge in [0, 0.05) is 32.6 Å². The molecule has 6 heteroatoms. The number of hydrogen-bond acceptors (Lipinski definition) is 4. The van der Waals surface area contributed by atoms with E-state index in [1.165, 1.54) is 0 Å². The SMILES string of the molecule is CCOc1cc(CNCCN2CCCCCC2=O)cc(Cl)c1OC. The van der Waals surface area contributed by atoms with Crippen LogP contribution in [-0.4, -0.2) is 44.2 Å². The molecule has 0 saturated carbocycles. The number of nitrogens with zero attached hydrogens (tertiary/aromatic N) is 1. The van der Waals surface area contributed by atoms with Gasteiger partial charge in [-0.25, -0.2) is 0 Å². The number of carbonyl (C=O) groups is 1. The van der Waals surface area contributed by atoms with Gasteiger partial charge in [-0.3, -0.25) is 4.79 Å². The molecule has 1 aromatic rings. The van der Waals surface area contributed by atoms with Crippen LogP contribution in [0.25, 0.3) is 0 Å². The number of halogens is 1. The number of methoxy groups -OCH3 is 1. The summed E-state index contributed by atoms with van der Waals surface area (Å²) in [5.74, 6) is 1.50. The Hall–Kier alpha value is -1.46. The minimum atomic E-state index is 0.278. The van der Waals surface area contributed by atoms with Crippen molar-refractivity contribution in [2.24, 2.45) is 0 Å². The number of amides is 1. The highest BCUT2D eigenvalue weighted by Gasteiger charge is 2.16. The Bertz CT molecular complexity index is 551. The van der Waals surface area contributed by atoms with E-state index in [0.717, 1.165) is 44.5 Å². The average Bonchev–Trinajstić information content (AvgIpc) is 2.76. The minimum Gasteiger partial charge on any atom is -0.491 e. The summed E-state index contributed by atoms with van der Waals surface area (Å²) in [5, 5.41) is 3.92. The summed E-state index contributed by atoms with van der Waals surface area (Å²) in [6.07, 6.45) is 3.97. The highest BCUT2D eigenvalue weighted by atomic mass is 35.5. The summed E-state index contributed by atoms with van der Waals surface area (Å²) in [5.41, 5.74) is 1.03. The van der Waals surface area contributed by atoms with Gasteiger partial charge in [-0.2, -0.15) is 0 Å². The number of nitrogens with one attached hydrogen (secondary N) is 1. The summed E-state index contributed by atoms with van der Waals surface area (Å²) in [4.78, 5) is 13.9. The van der Waals surface area contributed by atoms with E-state index in [4.69, 9.17) is 21.1 Å². The second kappa shape index (κ2) is 9.74. The Labute approximate surface area is 149 Å². The van der Waals surface area contributed by atoms with E-state index in [0.29, 0.717) is 36.1 Å². The van der Waals surface area contributed by atoms with Crippen LogP contribution in [0.3, 0.4) is 0 Å². The summed E-state index contributed by atoms with van der Waals surface area (Å²) < 4.78 is 10.9. The molecular weight excluding hydrogens is 328 g/mol. The van der Waals surface area contributed by atoms with Gasteiger partial charge in [0.25, 0.3) is 0 Å². The first-order chi connectivity index (χ1) is 11.7. The third-order valence-corrected chi connectivity index (χ3v) is 4.41. The molecule has 1 aromatic carbocycles. The molecule has 0 spiro atoms. The van der Waals surface area contributed by atoms with Crippen molar-refractivity contribution in [1.82, 2.24) is 10.2 Å². The van der Waals surface area contributed by atoms with E-state index in [1.54, 1.807) is 7.11 Å². The minimum absolute atomic E-state index is 0.278. The molecule has 1 saturated heterocycles. The summed E-state index contributed by atoms with van der Waals surface area (Å²) >= 11 is 6.26. The molecule has 0 atom stereocenters. The van der Waals surface area contributed by atoms with E-state index in [-0.39, 0.29) is 5.91 Å². The lowest BCUT2D eigenvalue weighted by molar-refractivity contribution is -0.130. The van der Waals surface area contributed by atoms with E-state index < -0.39 is 0 Å². The molecule has 0 aromatic heterocycles. The lowest BCUT2D eigenvalue weighted by Gasteiger charge is -2.20. The third kappa shape index (κ3) is 5.28. The number of hydrogen-bond donors (Lipinski definition) is 1. The normalized spacial score (nSPS) is 15.3. The van der Waals surface area contributed by atoms with E-state index in [9.17, 15) is 4.79 Å². The molecule has 1 aliphatic heterocycles. The standard InChI is InChI=1S/C18H27ClN2O3/c1-3-24-16-12-14(11-15(19)18(16)23-2)13-20-8-10-21-9-6-4-5-7-17(21)22/h11-12,20H,3-10,13H2,1-2H3. The maximum absolute atomic E-state index is 12.0. The van der Waals surface area contributed by atoms with Crippen LogP contribution in [0, 0.1) is 0 Å². The molecule has 0 bridgehead atoms. The molecule has 2 rings (SSSR count). The van der Waals surface area contributed by atoms with Crippen molar-refractivity contribution < 1.29 is 14.3 Å². The van der Waals surface area contributed by atoms with Crippen LogP contribution in [0.5, 0.6) is 11.5 Å². The summed E-state index contributed by atoms with van der Waals surface area (Å²) in [6.45, 7) is 5.55. The van der Waals surface area contributed by atoms with Crippen molar-refractivity contribution in [1.29, 1.82) is 0 Å². The molecule has 0 unspecified atom stereocenters. The molecule has 0 aliphatic carbocycles. The fourth-order valence-corrected chi connectivity index (χ4v) is 3.22. The van der Waals surface area contributed by atoms with Crippen LogP contribution < -0.4 is 14.8 Å². The number of rotatable bonds is 8. The first-order valence-corrected chi connectivity index (χ1v) is 9.01. The number of likely N-dealkylation sites (tertiary alicyclic amines) is 1. The smallest absolute Gasteiger partial charge is 0.222 e. The fraction of sp³-hybridized carbons (Fsp3) is 0.611. The zero-order chi connectivity index (χ0) is 17.4. The third-order valence-electron chi connectivity index (χ3n) is 4.13. The molecule has 1 fully saturated rings. The zero-order valence-corrected chi connectivity index (χ0v) is 15.3. The monoisotopic (exact) mass is 354 g/mol. The predicted octanol–water partition coefficient (Wildman–Crippen LogP) is 3.24. The largest absolute Gasteiger partial charge is 0.491 e. The van der Waals surface area contributed by atoms with Gasteiger partial charge in [0.15, 0.2) is 11.5 Å². The molecule has 24 heavy (non-hydrogen) atoms. The van der Waals surface area contributed by atoms with Crippen LogP contribution in [0.4, 0.5) is 0 Å². The van der Waals surface area contributed by atoms with Crippen molar-refractivity contribution in [3.63, 3.8) is 0 Å². The van der Waals surface area contributed by atoms with Crippen LogP contribution >= 0.6 is 11.6 Å². The predicted molar refractivity (Wildman–Crippen MR) is 95.9 cm³/mol. The van der Waals surface area contributed by atoms with Gasteiger partial charge in [-0.05, 0) is 37.5 Å². The van der Waals surface area contributed by atoms with Gasteiger partial charge in [0.1, 0.15) is 0 Å². The van der Waals surface area contributed by atoms with Crippen molar-refractivity contribution in [2.75, 3.05) is 33.4 Å². The highest BCUT2D eigenvalue weighted by molar-refractivity contribution is 6.32. The Morgan fingerprint density at radius 2 is 2.12 bits per heavy atom. The first-order valence-electron chi connectivity index (χ1n) is 8.63. The van der Waals surface area contributed by atoms with Crippen LogP contribution in [0.2, 0.25) is 5.02 Å². The highest BCUT2D eigenvalue weighted by Crippen LogP contribution is 2.36. The maximum Gasteiger partial charge on any atom is 0.222 e. The maximum atomic E-state index is 12.0. The zero-order valence-electron chi connectivity index (χ0n) is 14.6. The quantitative estimate of drug-likeness (QED) is 0.728.